The van der Waals surface area contributed by atoms with Crippen LogP contribution in [0.15, 0.2) is 48.7 Å². The molecule has 1 unspecified atom stereocenters. The molecule has 110 valence electrons. The summed E-state index contributed by atoms with van der Waals surface area (Å²) in [6.07, 6.45) is 2.61. The topological polar surface area (TPSA) is 33.2 Å². The Morgan fingerprint density at radius 3 is 2.76 bits per heavy atom. The molecule has 21 heavy (non-hydrogen) atoms. The first-order valence-electron chi connectivity index (χ1n) is 6.98. The van der Waals surface area contributed by atoms with E-state index in [1.165, 1.54) is 0 Å². The second-order valence-corrected chi connectivity index (χ2v) is 5.54. The molecule has 1 heterocycles. The van der Waals surface area contributed by atoms with Crippen molar-refractivity contribution in [2.75, 3.05) is 13.6 Å². The summed E-state index contributed by atoms with van der Waals surface area (Å²) in [5, 5.41) is 0.587. The highest BCUT2D eigenvalue weighted by Gasteiger charge is 2.19. The lowest BCUT2D eigenvalue weighted by molar-refractivity contribution is 0.0869. The number of likely N-dealkylation sites (N-methyl/N-ethyl adjacent to an activating group) is 1. The van der Waals surface area contributed by atoms with Crippen molar-refractivity contribution in [1.82, 2.24) is 9.88 Å². The molecule has 0 spiro atoms. The fourth-order valence-corrected chi connectivity index (χ4v) is 2.30. The molecule has 1 aromatic heterocycles. The number of Topliss-reactive ketones (excluding diaryl/α,β-unsaturated/α-hetero) is 1. The number of nitrogens with zero attached hydrogens (tertiary/aromatic N) is 2. The van der Waals surface area contributed by atoms with E-state index in [2.05, 4.69) is 4.98 Å². The number of rotatable bonds is 6. The van der Waals surface area contributed by atoms with Crippen molar-refractivity contribution >= 4 is 17.4 Å². The van der Waals surface area contributed by atoms with Gasteiger partial charge in [0.05, 0.1) is 6.04 Å². The van der Waals surface area contributed by atoms with Gasteiger partial charge in [0, 0.05) is 35.4 Å². The zero-order chi connectivity index (χ0) is 15.2. The van der Waals surface area contributed by atoms with Gasteiger partial charge in [-0.1, -0.05) is 29.8 Å². The van der Waals surface area contributed by atoms with Gasteiger partial charge in [-0.05, 0) is 38.2 Å². The SMILES string of the molecule is CC(C(=O)c1cccc(Cl)c1)N(C)CCc1ccccn1. The Morgan fingerprint density at radius 2 is 2.10 bits per heavy atom. The van der Waals surface area contributed by atoms with Crippen LogP contribution >= 0.6 is 11.6 Å². The smallest absolute Gasteiger partial charge is 0.179 e. The molecule has 0 radical (unpaired) electrons. The second-order valence-electron chi connectivity index (χ2n) is 5.10. The summed E-state index contributed by atoms with van der Waals surface area (Å²) in [7, 11) is 1.95. The minimum atomic E-state index is -0.188. The summed E-state index contributed by atoms with van der Waals surface area (Å²) < 4.78 is 0. The molecule has 1 aromatic carbocycles. The van der Waals surface area contributed by atoms with Crippen LogP contribution in [0, 0.1) is 0 Å². The molecule has 0 saturated heterocycles. The van der Waals surface area contributed by atoms with E-state index in [-0.39, 0.29) is 11.8 Å². The van der Waals surface area contributed by atoms with Crippen molar-refractivity contribution in [2.45, 2.75) is 19.4 Å². The number of hydrogen-bond acceptors (Lipinski definition) is 3. The van der Waals surface area contributed by atoms with Crippen LogP contribution in [0.25, 0.3) is 0 Å². The van der Waals surface area contributed by atoms with Gasteiger partial charge in [0.25, 0.3) is 0 Å². The molecule has 3 nitrogen and oxygen atoms in total. The number of hydrogen-bond donors (Lipinski definition) is 0. The third kappa shape index (κ3) is 4.38. The number of ketones is 1. The summed E-state index contributed by atoms with van der Waals surface area (Å²) in [4.78, 5) is 18.8. The van der Waals surface area contributed by atoms with Gasteiger partial charge in [-0.15, -0.1) is 0 Å². The van der Waals surface area contributed by atoms with Crippen molar-refractivity contribution in [1.29, 1.82) is 0 Å². The van der Waals surface area contributed by atoms with E-state index in [9.17, 15) is 4.79 Å². The zero-order valence-corrected chi connectivity index (χ0v) is 13.0. The zero-order valence-electron chi connectivity index (χ0n) is 12.3. The van der Waals surface area contributed by atoms with Crippen molar-refractivity contribution in [2.24, 2.45) is 0 Å². The molecule has 0 aliphatic rings. The molecule has 2 aromatic rings. The van der Waals surface area contributed by atoms with Gasteiger partial charge in [-0.3, -0.25) is 14.7 Å². The highest BCUT2D eigenvalue weighted by molar-refractivity contribution is 6.31. The van der Waals surface area contributed by atoms with E-state index < -0.39 is 0 Å². The van der Waals surface area contributed by atoms with Crippen LogP contribution in [0.3, 0.4) is 0 Å². The van der Waals surface area contributed by atoms with E-state index in [1.807, 2.05) is 37.1 Å². The third-order valence-corrected chi connectivity index (χ3v) is 3.83. The van der Waals surface area contributed by atoms with Crippen LogP contribution in [0.4, 0.5) is 0 Å². The average molecular weight is 303 g/mol. The first-order valence-corrected chi connectivity index (χ1v) is 7.35. The predicted octanol–water partition coefficient (Wildman–Crippen LogP) is 3.48. The lowest BCUT2D eigenvalue weighted by Gasteiger charge is -2.23. The minimum absolute atomic E-state index is 0.0843. The first-order chi connectivity index (χ1) is 10.1. The largest absolute Gasteiger partial charge is 0.296 e. The molecule has 0 N–H and O–H groups in total. The lowest BCUT2D eigenvalue weighted by atomic mass is 10.0. The predicted molar refractivity (Wildman–Crippen MR) is 85.8 cm³/mol. The van der Waals surface area contributed by atoms with Crippen LogP contribution in [0.2, 0.25) is 5.02 Å². The van der Waals surface area contributed by atoms with Gasteiger partial charge in [0.2, 0.25) is 0 Å². The van der Waals surface area contributed by atoms with Gasteiger partial charge >= 0.3 is 0 Å². The maximum atomic E-state index is 12.4. The van der Waals surface area contributed by atoms with Crippen molar-refractivity contribution in [3.05, 3.63) is 64.9 Å². The molecule has 2 rings (SSSR count). The number of halogens is 1. The number of pyridine rings is 1. The Balaban J connectivity index is 1.95. The highest BCUT2D eigenvalue weighted by Crippen LogP contribution is 2.14. The van der Waals surface area contributed by atoms with Gasteiger partial charge < -0.3 is 0 Å². The molecule has 0 bridgehead atoms. The van der Waals surface area contributed by atoms with Crippen molar-refractivity contribution < 1.29 is 4.79 Å². The van der Waals surface area contributed by atoms with E-state index in [4.69, 9.17) is 11.6 Å². The summed E-state index contributed by atoms with van der Waals surface area (Å²) in [5.74, 6) is 0.0843. The van der Waals surface area contributed by atoms with Crippen LogP contribution in [-0.2, 0) is 6.42 Å². The molecule has 0 amide bonds. The first kappa shape index (κ1) is 15.7. The Kier molecular flexibility index (Phi) is 5.48. The third-order valence-electron chi connectivity index (χ3n) is 3.60. The Morgan fingerprint density at radius 1 is 1.29 bits per heavy atom. The van der Waals surface area contributed by atoms with E-state index in [0.29, 0.717) is 10.6 Å². The Bertz CT molecular complexity index is 601. The normalized spacial score (nSPS) is 12.4. The minimum Gasteiger partial charge on any atom is -0.296 e. The Hall–Kier alpha value is -1.71. The van der Waals surface area contributed by atoms with Crippen LogP contribution in [0.5, 0.6) is 0 Å². The fraction of sp³-hybridized carbons (Fsp3) is 0.294. The number of aromatic nitrogens is 1. The summed E-state index contributed by atoms with van der Waals surface area (Å²) in [5.41, 5.74) is 1.69. The number of benzene rings is 1. The van der Waals surface area contributed by atoms with E-state index in [1.54, 1.807) is 30.5 Å². The van der Waals surface area contributed by atoms with E-state index in [0.717, 1.165) is 18.7 Å². The molecular formula is C17H19ClN2O. The van der Waals surface area contributed by atoms with Gasteiger partial charge in [0.15, 0.2) is 5.78 Å². The molecule has 0 saturated carbocycles. The van der Waals surface area contributed by atoms with E-state index >= 15 is 0 Å². The summed E-state index contributed by atoms with van der Waals surface area (Å²) in [6.45, 7) is 2.70. The van der Waals surface area contributed by atoms with Gasteiger partial charge in [0.1, 0.15) is 0 Å². The highest BCUT2D eigenvalue weighted by atomic mass is 35.5. The summed E-state index contributed by atoms with van der Waals surface area (Å²) in [6, 6.07) is 12.8. The average Bonchev–Trinajstić information content (AvgIpc) is 2.52. The van der Waals surface area contributed by atoms with Crippen LogP contribution in [-0.4, -0.2) is 35.3 Å². The monoisotopic (exact) mass is 302 g/mol. The molecule has 1 atom stereocenters. The van der Waals surface area contributed by atoms with Crippen LogP contribution < -0.4 is 0 Å². The van der Waals surface area contributed by atoms with Crippen LogP contribution in [0.1, 0.15) is 23.0 Å². The molecule has 0 aliphatic heterocycles. The Labute approximate surface area is 130 Å². The maximum Gasteiger partial charge on any atom is 0.179 e. The molecule has 0 fully saturated rings. The molecule has 4 heteroatoms. The maximum absolute atomic E-state index is 12.4. The molecular weight excluding hydrogens is 284 g/mol. The fourth-order valence-electron chi connectivity index (χ4n) is 2.11. The molecule has 0 aliphatic carbocycles. The number of carbonyl (C=O) groups is 1. The standard InChI is InChI=1S/C17H19ClN2O/c1-13(17(21)14-6-5-7-15(18)12-14)20(2)11-9-16-8-3-4-10-19-16/h3-8,10,12-13H,9,11H2,1-2H3. The second kappa shape index (κ2) is 7.34. The quantitative estimate of drug-likeness (QED) is 0.766. The van der Waals surface area contributed by atoms with Crippen molar-refractivity contribution in [3.8, 4) is 0 Å². The van der Waals surface area contributed by atoms with Crippen molar-refractivity contribution in [3.63, 3.8) is 0 Å². The lowest BCUT2D eigenvalue weighted by Crippen LogP contribution is -2.37. The summed E-state index contributed by atoms with van der Waals surface area (Å²) >= 11 is 5.94. The van der Waals surface area contributed by atoms with Gasteiger partial charge in [-0.25, -0.2) is 0 Å². The number of carbonyl (C=O) groups excluding carboxylic acids is 1. The van der Waals surface area contributed by atoms with Gasteiger partial charge in [-0.2, -0.15) is 0 Å².